The first-order valence-corrected chi connectivity index (χ1v) is 5.16. The largest absolute Gasteiger partial charge is 0.220 e. The van der Waals surface area contributed by atoms with Crippen LogP contribution in [0.2, 0.25) is 0 Å². The van der Waals surface area contributed by atoms with Crippen LogP contribution in [0.5, 0.6) is 0 Å². The topological polar surface area (TPSA) is 30.7 Å². The summed E-state index contributed by atoms with van der Waals surface area (Å²) in [7, 11) is 0. The second kappa shape index (κ2) is 3.85. The number of rotatable bonds is 2. The maximum Gasteiger partial charge on any atom is 0.0697 e. The molecule has 0 saturated carbocycles. The number of nitrogens with zero attached hydrogens (tertiary/aromatic N) is 3. The predicted molar refractivity (Wildman–Crippen MR) is 60.2 cm³/mol. The van der Waals surface area contributed by atoms with Crippen LogP contribution in [0.4, 0.5) is 0 Å². The molecular formula is C12H15N3. The minimum absolute atomic E-state index is 0.536. The van der Waals surface area contributed by atoms with Crippen LogP contribution in [0.1, 0.15) is 30.9 Å². The van der Waals surface area contributed by atoms with Crippen molar-refractivity contribution >= 4 is 0 Å². The lowest BCUT2D eigenvalue weighted by Gasteiger charge is -2.13. The summed E-state index contributed by atoms with van der Waals surface area (Å²) in [5, 5.41) is 7.84. The van der Waals surface area contributed by atoms with Crippen molar-refractivity contribution in [3.05, 3.63) is 41.7 Å². The zero-order chi connectivity index (χ0) is 10.8. The Morgan fingerprint density at radius 3 is 2.67 bits per heavy atom. The van der Waals surface area contributed by atoms with Crippen molar-refractivity contribution in [1.29, 1.82) is 0 Å². The van der Waals surface area contributed by atoms with E-state index in [9.17, 15) is 0 Å². The molecule has 1 heterocycles. The maximum absolute atomic E-state index is 4.01. The summed E-state index contributed by atoms with van der Waals surface area (Å²) < 4.78 is 1.81. The first-order valence-electron chi connectivity index (χ1n) is 5.16. The van der Waals surface area contributed by atoms with Crippen molar-refractivity contribution in [2.24, 2.45) is 0 Å². The molecule has 0 radical (unpaired) electrons. The molecular weight excluding hydrogens is 186 g/mol. The minimum Gasteiger partial charge on any atom is -0.220 e. The molecule has 0 fully saturated rings. The van der Waals surface area contributed by atoms with Crippen molar-refractivity contribution in [3.63, 3.8) is 0 Å². The lowest BCUT2D eigenvalue weighted by atomic mass is 9.97. The fraction of sp³-hybridized carbons (Fsp3) is 0.333. The third kappa shape index (κ3) is 1.77. The molecule has 1 aromatic carbocycles. The molecule has 0 bridgehead atoms. The van der Waals surface area contributed by atoms with Gasteiger partial charge in [-0.2, -0.15) is 0 Å². The molecule has 3 nitrogen and oxygen atoms in total. The summed E-state index contributed by atoms with van der Waals surface area (Å²) in [4.78, 5) is 0. The van der Waals surface area contributed by atoms with E-state index in [4.69, 9.17) is 0 Å². The molecule has 2 rings (SSSR count). The Hall–Kier alpha value is -1.64. The highest BCUT2D eigenvalue weighted by Crippen LogP contribution is 2.23. The van der Waals surface area contributed by atoms with E-state index in [1.807, 2.05) is 6.20 Å². The van der Waals surface area contributed by atoms with Gasteiger partial charge in [-0.3, -0.25) is 0 Å². The van der Waals surface area contributed by atoms with Crippen LogP contribution in [-0.4, -0.2) is 15.0 Å². The van der Waals surface area contributed by atoms with Gasteiger partial charge in [0, 0.05) is 0 Å². The van der Waals surface area contributed by atoms with Crippen LogP contribution >= 0.6 is 0 Å². The highest BCUT2D eigenvalue weighted by atomic mass is 15.4. The monoisotopic (exact) mass is 201 g/mol. The first-order chi connectivity index (χ1) is 7.20. The van der Waals surface area contributed by atoms with Gasteiger partial charge in [0.1, 0.15) is 0 Å². The van der Waals surface area contributed by atoms with Gasteiger partial charge in [0.2, 0.25) is 0 Å². The third-order valence-corrected chi connectivity index (χ3v) is 2.64. The summed E-state index contributed by atoms with van der Waals surface area (Å²) in [6.45, 7) is 6.53. The number of aromatic nitrogens is 3. The molecule has 0 unspecified atom stereocenters. The lowest BCUT2D eigenvalue weighted by Crippen LogP contribution is -2.02. The minimum atomic E-state index is 0.536. The van der Waals surface area contributed by atoms with E-state index in [-0.39, 0.29) is 0 Å². The van der Waals surface area contributed by atoms with Gasteiger partial charge in [0.15, 0.2) is 0 Å². The van der Waals surface area contributed by atoms with Crippen LogP contribution in [0.15, 0.2) is 30.6 Å². The van der Waals surface area contributed by atoms with Gasteiger partial charge in [-0.15, -0.1) is 5.10 Å². The van der Waals surface area contributed by atoms with Crippen molar-refractivity contribution in [2.75, 3.05) is 0 Å². The molecule has 2 aromatic rings. The van der Waals surface area contributed by atoms with Gasteiger partial charge < -0.3 is 0 Å². The normalized spacial score (nSPS) is 10.9. The summed E-state index contributed by atoms with van der Waals surface area (Å²) >= 11 is 0. The molecule has 0 aliphatic rings. The van der Waals surface area contributed by atoms with Crippen LogP contribution in [-0.2, 0) is 0 Å². The standard InChI is InChI=1S/C12H15N3/c1-9(2)11-5-4-6-12(10(11)3)15-8-7-13-14-15/h4-9H,1-3H3. The Bertz CT molecular complexity index is 444. The van der Waals surface area contributed by atoms with Crippen LogP contribution < -0.4 is 0 Å². The number of benzene rings is 1. The molecule has 1 aromatic heterocycles. The Morgan fingerprint density at radius 2 is 2.07 bits per heavy atom. The summed E-state index contributed by atoms with van der Waals surface area (Å²) in [5.74, 6) is 0.536. The average molecular weight is 201 g/mol. The van der Waals surface area contributed by atoms with E-state index in [1.54, 1.807) is 10.9 Å². The molecule has 0 aliphatic heterocycles. The fourth-order valence-corrected chi connectivity index (χ4v) is 1.85. The van der Waals surface area contributed by atoms with Crippen molar-refractivity contribution in [3.8, 4) is 5.69 Å². The van der Waals surface area contributed by atoms with E-state index < -0.39 is 0 Å². The van der Waals surface area contributed by atoms with E-state index >= 15 is 0 Å². The Kier molecular flexibility index (Phi) is 2.54. The molecule has 0 spiro atoms. The van der Waals surface area contributed by atoms with Crippen molar-refractivity contribution < 1.29 is 0 Å². The van der Waals surface area contributed by atoms with Gasteiger partial charge in [-0.05, 0) is 30.0 Å². The van der Waals surface area contributed by atoms with E-state index in [2.05, 4.69) is 49.3 Å². The Morgan fingerprint density at radius 1 is 1.27 bits per heavy atom. The van der Waals surface area contributed by atoms with Gasteiger partial charge in [0.05, 0.1) is 18.1 Å². The smallest absolute Gasteiger partial charge is 0.0697 e. The zero-order valence-electron chi connectivity index (χ0n) is 9.31. The molecule has 3 heteroatoms. The highest BCUT2D eigenvalue weighted by Gasteiger charge is 2.08. The van der Waals surface area contributed by atoms with Crippen LogP contribution in [0.3, 0.4) is 0 Å². The number of hydrogen-bond acceptors (Lipinski definition) is 2. The zero-order valence-corrected chi connectivity index (χ0v) is 9.31. The van der Waals surface area contributed by atoms with E-state index in [1.165, 1.54) is 11.1 Å². The molecule has 0 N–H and O–H groups in total. The fourth-order valence-electron chi connectivity index (χ4n) is 1.85. The summed E-state index contributed by atoms with van der Waals surface area (Å²) in [6, 6.07) is 6.30. The second-order valence-corrected chi connectivity index (χ2v) is 3.99. The van der Waals surface area contributed by atoms with Crippen LogP contribution in [0, 0.1) is 6.92 Å². The average Bonchev–Trinajstić information content (AvgIpc) is 2.70. The molecule has 0 saturated heterocycles. The molecule has 78 valence electrons. The third-order valence-electron chi connectivity index (χ3n) is 2.64. The first kappa shape index (κ1) is 9.90. The van der Waals surface area contributed by atoms with Crippen LogP contribution in [0.25, 0.3) is 5.69 Å². The van der Waals surface area contributed by atoms with E-state index in [0.717, 1.165) is 5.69 Å². The van der Waals surface area contributed by atoms with Gasteiger partial charge in [-0.25, -0.2) is 4.68 Å². The van der Waals surface area contributed by atoms with E-state index in [0.29, 0.717) is 5.92 Å². The maximum atomic E-state index is 4.01. The summed E-state index contributed by atoms with van der Waals surface area (Å²) in [5.41, 5.74) is 3.75. The quantitative estimate of drug-likeness (QED) is 0.748. The molecule has 0 amide bonds. The van der Waals surface area contributed by atoms with Gasteiger partial charge in [0.25, 0.3) is 0 Å². The summed E-state index contributed by atoms with van der Waals surface area (Å²) in [6.07, 6.45) is 3.56. The Balaban J connectivity index is 2.54. The molecule has 0 aliphatic carbocycles. The van der Waals surface area contributed by atoms with Gasteiger partial charge in [-0.1, -0.05) is 31.2 Å². The van der Waals surface area contributed by atoms with Crippen molar-refractivity contribution in [1.82, 2.24) is 15.0 Å². The SMILES string of the molecule is Cc1c(C(C)C)cccc1-n1ccnn1. The molecule has 15 heavy (non-hydrogen) atoms. The van der Waals surface area contributed by atoms with Gasteiger partial charge >= 0.3 is 0 Å². The predicted octanol–water partition coefficient (Wildman–Crippen LogP) is 2.70. The lowest BCUT2D eigenvalue weighted by molar-refractivity contribution is 0.787. The Labute approximate surface area is 89.7 Å². The highest BCUT2D eigenvalue weighted by molar-refractivity contribution is 5.45. The molecule has 0 atom stereocenters. The number of hydrogen-bond donors (Lipinski definition) is 0. The van der Waals surface area contributed by atoms with Crippen molar-refractivity contribution in [2.45, 2.75) is 26.7 Å². The second-order valence-electron chi connectivity index (χ2n) is 3.99.